The SMILES string of the molecule is CCC(CCCl)NCc1nn(CC)c2ccccc12. The Kier molecular flexibility index (Phi) is 5.23. The average molecular weight is 280 g/mol. The van der Waals surface area contributed by atoms with Crippen LogP contribution in [0.5, 0.6) is 0 Å². The highest BCUT2D eigenvalue weighted by Gasteiger charge is 2.11. The van der Waals surface area contributed by atoms with Gasteiger partial charge in [-0.05, 0) is 25.8 Å². The zero-order valence-corrected chi connectivity index (χ0v) is 12.5. The minimum atomic E-state index is 0.475. The number of para-hydroxylation sites is 1. The van der Waals surface area contributed by atoms with Crippen molar-refractivity contribution >= 4 is 22.5 Å². The van der Waals surface area contributed by atoms with Crippen LogP contribution in [0.4, 0.5) is 0 Å². The second-order valence-corrected chi connectivity index (χ2v) is 5.12. The first-order chi connectivity index (χ1) is 9.30. The van der Waals surface area contributed by atoms with Crippen LogP contribution in [0.15, 0.2) is 24.3 Å². The summed E-state index contributed by atoms with van der Waals surface area (Å²) in [6.07, 6.45) is 2.10. The van der Waals surface area contributed by atoms with Gasteiger partial charge in [-0.2, -0.15) is 5.10 Å². The van der Waals surface area contributed by atoms with Crippen LogP contribution in [-0.2, 0) is 13.1 Å². The van der Waals surface area contributed by atoms with Crippen molar-refractivity contribution in [3.63, 3.8) is 0 Å². The molecule has 0 radical (unpaired) electrons. The Bertz CT molecular complexity index is 521. The van der Waals surface area contributed by atoms with Crippen molar-refractivity contribution in [2.45, 2.75) is 45.8 Å². The van der Waals surface area contributed by atoms with Crippen LogP contribution in [0.1, 0.15) is 32.4 Å². The van der Waals surface area contributed by atoms with Crippen LogP contribution in [-0.4, -0.2) is 21.7 Å². The quantitative estimate of drug-likeness (QED) is 0.786. The number of alkyl halides is 1. The van der Waals surface area contributed by atoms with E-state index in [1.165, 1.54) is 10.9 Å². The molecule has 0 spiro atoms. The van der Waals surface area contributed by atoms with Crippen molar-refractivity contribution in [3.8, 4) is 0 Å². The summed E-state index contributed by atoms with van der Waals surface area (Å²) in [4.78, 5) is 0. The Hall–Kier alpha value is -1.06. The summed E-state index contributed by atoms with van der Waals surface area (Å²) in [7, 11) is 0. The normalized spacial score (nSPS) is 13.0. The summed E-state index contributed by atoms with van der Waals surface area (Å²) in [6.45, 7) is 6.02. The van der Waals surface area contributed by atoms with E-state index in [1.54, 1.807) is 0 Å². The molecule has 1 aromatic carbocycles. The Labute approximate surface area is 119 Å². The maximum Gasteiger partial charge on any atom is 0.0841 e. The third kappa shape index (κ3) is 3.28. The smallest absolute Gasteiger partial charge is 0.0841 e. The van der Waals surface area contributed by atoms with Gasteiger partial charge in [-0.3, -0.25) is 4.68 Å². The summed E-state index contributed by atoms with van der Waals surface area (Å²) >= 11 is 5.82. The lowest BCUT2D eigenvalue weighted by Crippen LogP contribution is -2.28. The molecule has 2 rings (SSSR count). The van der Waals surface area contributed by atoms with Gasteiger partial charge >= 0.3 is 0 Å². The second kappa shape index (κ2) is 6.92. The van der Waals surface area contributed by atoms with Gasteiger partial charge in [0, 0.05) is 30.4 Å². The molecule has 3 nitrogen and oxygen atoms in total. The lowest BCUT2D eigenvalue weighted by Gasteiger charge is -2.14. The number of aromatic nitrogens is 2. The highest BCUT2D eigenvalue weighted by molar-refractivity contribution is 6.17. The largest absolute Gasteiger partial charge is 0.308 e. The van der Waals surface area contributed by atoms with E-state index in [0.717, 1.165) is 31.6 Å². The zero-order valence-electron chi connectivity index (χ0n) is 11.7. The molecule has 19 heavy (non-hydrogen) atoms. The number of nitrogens with zero attached hydrogens (tertiary/aromatic N) is 2. The molecule has 0 fully saturated rings. The van der Waals surface area contributed by atoms with Gasteiger partial charge in [0.1, 0.15) is 0 Å². The van der Waals surface area contributed by atoms with E-state index >= 15 is 0 Å². The van der Waals surface area contributed by atoms with Gasteiger partial charge in [-0.25, -0.2) is 0 Å². The van der Waals surface area contributed by atoms with E-state index in [2.05, 4.69) is 48.1 Å². The van der Waals surface area contributed by atoms with Gasteiger partial charge in [0.05, 0.1) is 11.2 Å². The molecule has 0 aliphatic carbocycles. The minimum absolute atomic E-state index is 0.475. The van der Waals surface area contributed by atoms with E-state index in [4.69, 9.17) is 16.7 Å². The third-order valence-electron chi connectivity index (χ3n) is 3.54. The fourth-order valence-corrected chi connectivity index (χ4v) is 2.65. The molecule has 104 valence electrons. The van der Waals surface area contributed by atoms with Gasteiger partial charge in [-0.1, -0.05) is 25.1 Å². The predicted molar refractivity (Wildman–Crippen MR) is 81.7 cm³/mol. The van der Waals surface area contributed by atoms with Crippen molar-refractivity contribution < 1.29 is 0 Å². The van der Waals surface area contributed by atoms with Crippen LogP contribution >= 0.6 is 11.6 Å². The van der Waals surface area contributed by atoms with Gasteiger partial charge in [0.25, 0.3) is 0 Å². The van der Waals surface area contributed by atoms with Gasteiger partial charge in [0.2, 0.25) is 0 Å². The molecule has 0 saturated carbocycles. The van der Waals surface area contributed by atoms with Crippen LogP contribution in [0, 0.1) is 0 Å². The Balaban J connectivity index is 2.16. The maximum absolute atomic E-state index is 5.82. The van der Waals surface area contributed by atoms with Crippen molar-refractivity contribution in [1.29, 1.82) is 0 Å². The van der Waals surface area contributed by atoms with Gasteiger partial charge in [0.15, 0.2) is 0 Å². The number of hydrogen-bond donors (Lipinski definition) is 1. The first-order valence-electron chi connectivity index (χ1n) is 7.03. The van der Waals surface area contributed by atoms with E-state index < -0.39 is 0 Å². The zero-order chi connectivity index (χ0) is 13.7. The molecule has 0 amide bonds. The lowest BCUT2D eigenvalue weighted by atomic mass is 10.1. The van der Waals surface area contributed by atoms with E-state index in [9.17, 15) is 0 Å². The number of rotatable bonds is 7. The standard InChI is InChI=1S/C15H22ClN3/c1-3-12(9-10-16)17-11-14-13-7-5-6-8-15(13)19(4-2)18-14/h5-8,12,17H,3-4,9-11H2,1-2H3. The lowest BCUT2D eigenvalue weighted by molar-refractivity contribution is 0.480. The van der Waals surface area contributed by atoms with Gasteiger partial charge < -0.3 is 5.32 Å². The van der Waals surface area contributed by atoms with Gasteiger partial charge in [-0.15, -0.1) is 11.6 Å². The fraction of sp³-hybridized carbons (Fsp3) is 0.533. The van der Waals surface area contributed by atoms with Crippen molar-refractivity contribution in [3.05, 3.63) is 30.0 Å². The monoisotopic (exact) mass is 279 g/mol. The molecule has 1 N–H and O–H groups in total. The molecule has 0 saturated heterocycles. The second-order valence-electron chi connectivity index (χ2n) is 4.74. The number of fused-ring (bicyclic) bond motifs is 1. The molecular weight excluding hydrogens is 258 g/mol. The number of benzene rings is 1. The molecule has 1 atom stereocenters. The van der Waals surface area contributed by atoms with E-state index in [0.29, 0.717) is 11.9 Å². The number of hydrogen-bond acceptors (Lipinski definition) is 2. The highest BCUT2D eigenvalue weighted by Crippen LogP contribution is 2.18. The topological polar surface area (TPSA) is 29.9 Å². The summed E-state index contributed by atoms with van der Waals surface area (Å²) in [6, 6.07) is 8.89. The van der Waals surface area contributed by atoms with Crippen LogP contribution in [0.3, 0.4) is 0 Å². The first-order valence-corrected chi connectivity index (χ1v) is 7.57. The van der Waals surface area contributed by atoms with E-state index in [1.807, 2.05) is 0 Å². The molecule has 1 unspecified atom stereocenters. The Morgan fingerprint density at radius 3 is 2.79 bits per heavy atom. The molecule has 4 heteroatoms. The predicted octanol–water partition coefficient (Wildman–Crippen LogP) is 3.55. The summed E-state index contributed by atoms with van der Waals surface area (Å²) in [5.74, 6) is 0.704. The van der Waals surface area contributed by atoms with Crippen molar-refractivity contribution in [2.24, 2.45) is 0 Å². The summed E-state index contributed by atoms with van der Waals surface area (Å²) < 4.78 is 2.06. The average Bonchev–Trinajstić information content (AvgIpc) is 2.82. The molecular formula is C15H22ClN3. The van der Waals surface area contributed by atoms with Crippen LogP contribution < -0.4 is 5.32 Å². The molecule has 0 aliphatic rings. The highest BCUT2D eigenvalue weighted by atomic mass is 35.5. The maximum atomic E-state index is 5.82. The molecule has 1 heterocycles. The Morgan fingerprint density at radius 1 is 1.32 bits per heavy atom. The van der Waals surface area contributed by atoms with E-state index in [-0.39, 0.29) is 0 Å². The molecule has 2 aromatic rings. The third-order valence-corrected chi connectivity index (χ3v) is 3.76. The Morgan fingerprint density at radius 2 is 2.11 bits per heavy atom. The molecule has 0 bridgehead atoms. The number of aryl methyl sites for hydroxylation is 1. The van der Waals surface area contributed by atoms with Crippen LogP contribution in [0.2, 0.25) is 0 Å². The van der Waals surface area contributed by atoms with Crippen molar-refractivity contribution in [1.82, 2.24) is 15.1 Å². The summed E-state index contributed by atoms with van der Waals surface area (Å²) in [5, 5.41) is 9.50. The molecule has 0 aliphatic heterocycles. The van der Waals surface area contributed by atoms with Crippen molar-refractivity contribution in [2.75, 3.05) is 5.88 Å². The number of nitrogens with one attached hydrogen (secondary N) is 1. The summed E-state index contributed by atoms with van der Waals surface area (Å²) in [5.41, 5.74) is 2.35. The minimum Gasteiger partial charge on any atom is -0.308 e. The first kappa shape index (κ1) is 14.4. The fourth-order valence-electron chi connectivity index (χ4n) is 2.39. The molecule has 1 aromatic heterocycles. The number of halogens is 1. The van der Waals surface area contributed by atoms with Crippen LogP contribution in [0.25, 0.3) is 10.9 Å².